The Bertz CT molecular complexity index is 2660. The number of pyridine rings is 1. The van der Waals surface area contributed by atoms with E-state index in [0.717, 1.165) is 64.1 Å². The summed E-state index contributed by atoms with van der Waals surface area (Å²) in [5.41, 5.74) is 6.35. The van der Waals surface area contributed by atoms with Gasteiger partial charge in [0, 0.05) is 90.3 Å². The van der Waals surface area contributed by atoms with Crippen LogP contribution in [0, 0.1) is 12.3 Å². The van der Waals surface area contributed by atoms with Gasteiger partial charge in [0.25, 0.3) is 5.91 Å². The lowest BCUT2D eigenvalue weighted by Gasteiger charge is -2.36. The third-order valence-electron chi connectivity index (χ3n) is 13.6. The van der Waals surface area contributed by atoms with E-state index in [4.69, 9.17) is 4.98 Å². The first-order valence-electron chi connectivity index (χ1n) is 24.4. The molecule has 0 radical (unpaired) electrons. The maximum Gasteiger partial charge on any atom is 0.270 e. The fourth-order valence-corrected chi connectivity index (χ4v) is 10.5. The van der Waals surface area contributed by atoms with Gasteiger partial charge in [-0.3, -0.25) is 24.0 Å². The molecule has 2 saturated heterocycles. The van der Waals surface area contributed by atoms with Crippen molar-refractivity contribution in [2.24, 2.45) is 5.41 Å². The van der Waals surface area contributed by atoms with Gasteiger partial charge in [0.05, 0.1) is 34.1 Å². The SMILES string of the molecule is Cc1ncsc1-c1ccc(CNC(=O)[C@@H]2C[C@@H](O)CN2C(=O)C(NC(=O)CCCCC(=O)N2CCN(c3ccc(Nc4ncc5cc(C(=O)N(C)C)n(C6CCCC6)c5n4)nc3)CC2)C(C)(C)C)cc1. The number of thiazole rings is 1. The number of piperazine rings is 1. The Morgan fingerprint density at radius 2 is 1.64 bits per heavy atom. The summed E-state index contributed by atoms with van der Waals surface area (Å²) in [6, 6.07) is 12.1. The smallest absolute Gasteiger partial charge is 0.270 e. The molecule has 4 N–H and O–H groups in total. The van der Waals surface area contributed by atoms with Gasteiger partial charge in [-0.15, -0.1) is 11.3 Å². The Morgan fingerprint density at radius 3 is 2.30 bits per heavy atom. The van der Waals surface area contributed by atoms with Gasteiger partial charge in [-0.2, -0.15) is 4.98 Å². The minimum atomic E-state index is -0.927. The Morgan fingerprint density at radius 1 is 0.914 bits per heavy atom. The molecule has 2 aliphatic heterocycles. The maximum atomic E-state index is 14.1. The van der Waals surface area contributed by atoms with Crippen molar-refractivity contribution in [3.05, 3.63) is 77.3 Å². The predicted octanol–water partition coefficient (Wildman–Crippen LogP) is 5.84. The molecule has 1 saturated carbocycles. The molecule has 6 heterocycles. The number of aliphatic hydroxyl groups excluding tert-OH is 1. The van der Waals surface area contributed by atoms with Crippen molar-refractivity contribution in [3.63, 3.8) is 0 Å². The number of nitrogens with zero attached hydrogens (tertiary/aromatic N) is 9. The van der Waals surface area contributed by atoms with Crippen LogP contribution in [0.15, 0.2) is 60.4 Å². The standard InChI is InChI=1S/C51H66N12O6S/c1-32-44(70-31-55-32)34-17-15-33(16-18-34)27-53-47(67)39-26-38(64)30-62(39)49(69)45(51(2,3)4)57-42(65)13-9-10-14-43(66)61-23-21-60(22-24-61)37-19-20-41(52-29-37)56-50-54-28-35-25-40(48(68)59(5)6)63(46(35)58-50)36-11-7-8-12-36/h15-20,25,28-29,31,36,38-39,45,64H,7-14,21-24,26-27,30H2,1-6H3,(H,53,67)(H,57,65)(H,52,54,56,58)/t38-,39+,45?/m1/s1. The molecule has 0 spiro atoms. The fraction of sp³-hybridized carbons (Fsp3) is 0.510. The first-order valence-corrected chi connectivity index (χ1v) is 25.3. The molecule has 3 fully saturated rings. The summed E-state index contributed by atoms with van der Waals surface area (Å²) < 4.78 is 2.09. The number of amides is 5. The second-order valence-electron chi connectivity index (χ2n) is 20.1. The van der Waals surface area contributed by atoms with Crippen LogP contribution in [0.3, 0.4) is 0 Å². The predicted molar refractivity (Wildman–Crippen MR) is 269 cm³/mol. The van der Waals surface area contributed by atoms with Crippen molar-refractivity contribution in [3.8, 4) is 10.4 Å². The minimum absolute atomic E-state index is 0.00636. The van der Waals surface area contributed by atoms with Gasteiger partial charge in [0.1, 0.15) is 29.2 Å². The van der Waals surface area contributed by atoms with Crippen molar-refractivity contribution in [1.82, 2.24) is 49.8 Å². The highest BCUT2D eigenvalue weighted by Crippen LogP contribution is 2.35. The van der Waals surface area contributed by atoms with E-state index in [-0.39, 0.29) is 55.6 Å². The normalized spacial score (nSPS) is 18.0. The molecular weight excluding hydrogens is 909 g/mol. The molecule has 3 atom stereocenters. The lowest BCUT2D eigenvalue weighted by atomic mass is 9.85. The van der Waals surface area contributed by atoms with Gasteiger partial charge in [-0.25, -0.2) is 15.0 Å². The molecule has 18 nitrogen and oxygen atoms in total. The number of aryl methyl sites for hydroxylation is 1. The van der Waals surface area contributed by atoms with Gasteiger partial charge in [-0.1, -0.05) is 57.9 Å². The number of likely N-dealkylation sites (tertiary alicyclic amines) is 1. The summed E-state index contributed by atoms with van der Waals surface area (Å²) in [7, 11) is 3.52. The van der Waals surface area contributed by atoms with Crippen LogP contribution in [-0.2, 0) is 25.7 Å². The number of carbonyl (C=O) groups is 5. The quantitative estimate of drug-likeness (QED) is 0.0861. The van der Waals surface area contributed by atoms with E-state index >= 15 is 0 Å². The van der Waals surface area contributed by atoms with Crippen LogP contribution in [0.2, 0.25) is 0 Å². The van der Waals surface area contributed by atoms with Crippen molar-refractivity contribution in [1.29, 1.82) is 0 Å². The number of aliphatic hydroxyl groups is 1. The van der Waals surface area contributed by atoms with Crippen molar-refractivity contribution in [2.75, 3.05) is 57.0 Å². The van der Waals surface area contributed by atoms with E-state index in [1.165, 1.54) is 4.90 Å². The van der Waals surface area contributed by atoms with E-state index in [0.29, 0.717) is 62.9 Å². The Hall–Kier alpha value is -6.47. The van der Waals surface area contributed by atoms with Gasteiger partial charge >= 0.3 is 0 Å². The highest BCUT2D eigenvalue weighted by molar-refractivity contribution is 7.13. The average molecular weight is 975 g/mol. The monoisotopic (exact) mass is 974 g/mol. The highest BCUT2D eigenvalue weighted by Gasteiger charge is 2.44. The molecule has 1 aromatic carbocycles. The topological polar surface area (TPSA) is 211 Å². The van der Waals surface area contributed by atoms with Gasteiger partial charge in [0.2, 0.25) is 29.6 Å². The number of β-amino-alcohol motifs (C(OH)–C–C–N with tert-alkyl or cyclic N) is 1. The summed E-state index contributed by atoms with van der Waals surface area (Å²) in [6.07, 6.45) is 8.48. The number of nitrogens with one attached hydrogen (secondary N) is 3. The lowest BCUT2D eigenvalue weighted by Crippen LogP contribution is -2.57. The van der Waals surface area contributed by atoms with Crippen LogP contribution < -0.4 is 20.9 Å². The van der Waals surface area contributed by atoms with E-state index in [9.17, 15) is 29.1 Å². The van der Waals surface area contributed by atoms with Crippen molar-refractivity contribution >= 4 is 69.4 Å². The largest absolute Gasteiger partial charge is 0.391 e. The van der Waals surface area contributed by atoms with Crippen LogP contribution in [0.25, 0.3) is 21.5 Å². The van der Waals surface area contributed by atoms with E-state index in [1.807, 2.05) is 80.6 Å². The van der Waals surface area contributed by atoms with Gasteiger partial charge < -0.3 is 45.2 Å². The molecule has 3 aliphatic rings. The molecule has 19 heteroatoms. The van der Waals surface area contributed by atoms with E-state index < -0.39 is 29.5 Å². The summed E-state index contributed by atoms with van der Waals surface area (Å²) >= 11 is 1.57. The molecule has 0 bridgehead atoms. The number of hydrogen-bond acceptors (Lipinski definition) is 13. The third kappa shape index (κ3) is 11.6. The van der Waals surface area contributed by atoms with Crippen molar-refractivity contribution < 1.29 is 29.1 Å². The Balaban J connectivity index is 0.769. The summed E-state index contributed by atoms with van der Waals surface area (Å²) in [4.78, 5) is 93.7. The molecular formula is C51H66N12O6S. The number of hydrogen-bond donors (Lipinski definition) is 4. The number of rotatable bonds is 16. The number of unbranched alkanes of at least 4 members (excludes halogenated alkanes) is 1. The van der Waals surface area contributed by atoms with Gasteiger partial charge in [0.15, 0.2) is 0 Å². The third-order valence-corrected chi connectivity index (χ3v) is 14.6. The van der Waals surface area contributed by atoms with E-state index in [2.05, 4.69) is 40.4 Å². The zero-order valence-corrected chi connectivity index (χ0v) is 41.9. The highest BCUT2D eigenvalue weighted by atomic mass is 32.1. The second kappa shape index (κ2) is 21.7. The van der Waals surface area contributed by atoms with Crippen LogP contribution >= 0.6 is 11.3 Å². The molecule has 1 aliphatic carbocycles. The molecule has 372 valence electrons. The number of anilines is 3. The maximum absolute atomic E-state index is 14.1. The summed E-state index contributed by atoms with van der Waals surface area (Å²) in [5, 5.41) is 20.5. The van der Waals surface area contributed by atoms with Crippen LogP contribution in [0.5, 0.6) is 0 Å². The number of carbonyl (C=O) groups excluding carboxylic acids is 5. The molecule has 1 unspecified atom stereocenters. The van der Waals surface area contributed by atoms with Crippen molar-refractivity contribution in [2.45, 2.75) is 116 Å². The summed E-state index contributed by atoms with van der Waals surface area (Å²) in [5.74, 6) is -0.113. The second-order valence-corrected chi connectivity index (χ2v) is 20.9. The Labute approximate surface area is 413 Å². The number of fused-ring (bicyclic) bond motifs is 1. The molecule has 4 aromatic heterocycles. The molecule has 5 amide bonds. The Kier molecular flexibility index (Phi) is 15.5. The molecule has 5 aromatic rings. The lowest BCUT2D eigenvalue weighted by molar-refractivity contribution is -0.144. The molecule has 8 rings (SSSR count). The average Bonchev–Trinajstić information content (AvgIpc) is 4.18. The fourth-order valence-electron chi connectivity index (χ4n) is 9.70. The summed E-state index contributed by atoms with van der Waals surface area (Å²) in [6.45, 7) is 10.2. The van der Waals surface area contributed by atoms with Crippen LogP contribution in [0.1, 0.15) is 106 Å². The molecule has 70 heavy (non-hydrogen) atoms. The van der Waals surface area contributed by atoms with Crippen LogP contribution in [0.4, 0.5) is 17.5 Å². The zero-order valence-electron chi connectivity index (χ0n) is 41.1. The minimum Gasteiger partial charge on any atom is -0.391 e. The van der Waals surface area contributed by atoms with Gasteiger partial charge in [-0.05, 0) is 67.3 Å². The first kappa shape index (κ1) is 49.9. The van der Waals surface area contributed by atoms with Crippen LogP contribution in [-0.4, -0.2) is 139 Å². The zero-order chi connectivity index (χ0) is 49.7. The first-order chi connectivity index (χ1) is 33.5. The number of benzene rings is 1. The van der Waals surface area contributed by atoms with E-state index in [1.54, 1.807) is 42.7 Å². The number of aromatic nitrogens is 5.